The number of anilines is 1. The van der Waals surface area contributed by atoms with Crippen molar-refractivity contribution < 1.29 is 18.7 Å². The van der Waals surface area contributed by atoms with Gasteiger partial charge < -0.3 is 15.3 Å². The van der Waals surface area contributed by atoms with Gasteiger partial charge in [0, 0.05) is 19.2 Å². The van der Waals surface area contributed by atoms with Gasteiger partial charge in [0.05, 0.1) is 13.2 Å². The third kappa shape index (κ3) is 4.60. The van der Waals surface area contributed by atoms with Crippen molar-refractivity contribution in [3.05, 3.63) is 22.8 Å². The highest BCUT2D eigenvalue weighted by molar-refractivity contribution is 6.29. The predicted molar refractivity (Wildman–Crippen MR) is 67.8 cm³/mol. The summed E-state index contributed by atoms with van der Waals surface area (Å²) >= 11 is 5.74. The molecule has 0 saturated carbocycles. The van der Waals surface area contributed by atoms with Crippen molar-refractivity contribution in [3.63, 3.8) is 0 Å². The van der Waals surface area contributed by atoms with E-state index in [1.807, 2.05) is 0 Å². The molecule has 0 saturated heterocycles. The Balaban J connectivity index is 2.98. The SMILES string of the molecule is CNc1cc(C(=O)N(CCO)CC(F)F)cc(Cl)n1. The van der Waals surface area contributed by atoms with E-state index in [1.165, 1.54) is 12.1 Å². The summed E-state index contributed by atoms with van der Waals surface area (Å²) in [5.74, 6) is -0.271. The van der Waals surface area contributed by atoms with Crippen molar-refractivity contribution in [1.29, 1.82) is 0 Å². The van der Waals surface area contributed by atoms with E-state index in [0.29, 0.717) is 5.82 Å². The van der Waals surface area contributed by atoms with Gasteiger partial charge in [-0.3, -0.25) is 4.79 Å². The maximum atomic E-state index is 12.4. The number of aliphatic hydroxyl groups excluding tert-OH is 1. The number of amides is 1. The molecule has 0 fully saturated rings. The fourth-order valence-corrected chi connectivity index (χ4v) is 1.70. The van der Waals surface area contributed by atoms with Gasteiger partial charge in [-0.05, 0) is 12.1 Å². The molecule has 1 amide bonds. The third-order valence-corrected chi connectivity index (χ3v) is 2.51. The van der Waals surface area contributed by atoms with Gasteiger partial charge in [0.1, 0.15) is 11.0 Å². The maximum absolute atomic E-state index is 12.4. The zero-order valence-corrected chi connectivity index (χ0v) is 11.0. The van der Waals surface area contributed by atoms with Crippen LogP contribution in [-0.4, -0.2) is 54.1 Å². The van der Waals surface area contributed by atoms with Crippen molar-refractivity contribution in [2.75, 3.05) is 32.1 Å². The monoisotopic (exact) mass is 293 g/mol. The van der Waals surface area contributed by atoms with E-state index in [2.05, 4.69) is 10.3 Å². The van der Waals surface area contributed by atoms with Crippen LogP contribution in [0.1, 0.15) is 10.4 Å². The molecule has 2 N–H and O–H groups in total. The van der Waals surface area contributed by atoms with Crippen LogP contribution < -0.4 is 5.32 Å². The molecule has 1 rings (SSSR count). The van der Waals surface area contributed by atoms with Crippen LogP contribution in [0, 0.1) is 0 Å². The maximum Gasteiger partial charge on any atom is 0.255 e. The second-order valence-electron chi connectivity index (χ2n) is 3.68. The number of nitrogens with one attached hydrogen (secondary N) is 1. The lowest BCUT2D eigenvalue weighted by molar-refractivity contribution is 0.0509. The number of aliphatic hydroxyl groups is 1. The molecule has 0 bridgehead atoms. The number of rotatable bonds is 6. The normalized spacial score (nSPS) is 10.6. The predicted octanol–water partition coefficient (Wildman–Crippen LogP) is 1.48. The van der Waals surface area contributed by atoms with Gasteiger partial charge in [0.25, 0.3) is 12.3 Å². The molecule has 106 valence electrons. The molecule has 0 radical (unpaired) electrons. The minimum atomic E-state index is -2.67. The van der Waals surface area contributed by atoms with Crippen LogP contribution in [0.15, 0.2) is 12.1 Å². The number of nitrogens with zero attached hydrogens (tertiary/aromatic N) is 2. The lowest BCUT2D eigenvalue weighted by Crippen LogP contribution is -2.37. The summed E-state index contributed by atoms with van der Waals surface area (Å²) in [7, 11) is 1.59. The lowest BCUT2D eigenvalue weighted by atomic mass is 10.2. The summed E-state index contributed by atoms with van der Waals surface area (Å²) in [6.45, 7) is -1.30. The van der Waals surface area contributed by atoms with E-state index in [9.17, 15) is 13.6 Å². The Morgan fingerprint density at radius 2 is 2.26 bits per heavy atom. The molecule has 0 atom stereocenters. The Bertz CT molecular complexity index is 446. The van der Waals surface area contributed by atoms with E-state index in [1.54, 1.807) is 7.05 Å². The molecule has 5 nitrogen and oxygen atoms in total. The zero-order chi connectivity index (χ0) is 14.4. The fraction of sp³-hybridized carbons (Fsp3) is 0.455. The van der Waals surface area contributed by atoms with Crippen LogP contribution in [-0.2, 0) is 0 Å². The molecule has 1 heterocycles. The quantitative estimate of drug-likeness (QED) is 0.780. The number of alkyl halides is 2. The summed E-state index contributed by atoms with van der Waals surface area (Å²) < 4.78 is 24.8. The first kappa shape index (κ1) is 15.6. The van der Waals surface area contributed by atoms with Crippen molar-refractivity contribution in [3.8, 4) is 0 Å². The number of pyridine rings is 1. The van der Waals surface area contributed by atoms with Crippen molar-refractivity contribution in [1.82, 2.24) is 9.88 Å². The number of halogens is 3. The summed E-state index contributed by atoms with van der Waals surface area (Å²) in [5, 5.41) is 11.6. The molecule has 0 spiro atoms. The van der Waals surface area contributed by atoms with Crippen LogP contribution >= 0.6 is 11.6 Å². The van der Waals surface area contributed by atoms with Crippen molar-refractivity contribution >= 4 is 23.3 Å². The molecule has 0 aliphatic rings. The minimum Gasteiger partial charge on any atom is -0.395 e. The number of carbonyl (C=O) groups excluding carboxylic acids is 1. The average molecular weight is 294 g/mol. The summed E-state index contributed by atoms with van der Waals surface area (Å²) in [6.07, 6.45) is -2.67. The average Bonchev–Trinajstić information content (AvgIpc) is 2.36. The summed E-state index contributed by atoms with van der Waals surface area (Å²) in [6, 6.07) is 2.70. The van der Waals surface area contributed by atoms with Crippen LogP contribution in [0.5, 0.6) is 0 Å². The Morgan fingerprint density at radius 1 is 1.58 bits per heavy atom. The molecule has 19 heavy (non-hydrogen) atoms. The highest BCUT2D eigenvalue weighted by atomic mass is 35.5. The van der Waals surface area contributed by atoms with E-state index in [-0.39, 0.29) is 17.3 Å². The molecular weight excluding hydrogens is 280 g/mol. The number of carbonyl (C=O) groups is 1. The standard InChI is InChI=1S/C11H14ClF2N3O2/c1-15-10-5-7(4-8(12)16-10)11(19)17(2-3-18)6-9(13)14/h4-5,9,18H,2-3,6H2,1H3,(H,15,16). The van der Waals surface area contributed by atoms with Crippen molar-refractivity contribution in [2.45, 2.75) is 6.43 Å². The highest BCUT2D eigenvalue weighted by Gasteiger charge is 2.20. The van der Waals surface area contributed by atoms with E-state index < -0.39 is 25.5 Å². The molecular formula is C11H14ClF2N3O2. The third-order valence-electron chi connectivity index (χ3n) is 2.31. The fourth-order valence-electron chi connectivity index (χ4n) is 1.49. The number of hydrogen-bond acceptors (Lipinski definition) is 4. The van der Waals surface area contributed by atoms with Crippen LogP contribution in [0.2, 0.25) is 5.15 Å². The van der Waals surface area contributed by atoms with E-state index in [4.69, 9.17) is 16.7 Å². The second-order valence-corrected chi connectivity index (χ2v) is 4.07. The molecule has 0 aliphatic heterocycles. The molecule has 1 aromatic heterocycles. The Kier molecular flexibility index (Phi) is 5.91. The summed E-state index contributed by atoms with van der Waals surface area (Å²) in [4.78, 5) is 16.8. The van der Waals surface area contributed by atoms with Gasteiger partial charge in [0.2, 0.25) is 0 Å². The van der Waals surface area contributed by atoms with Crippen LogP contribution in [0.25, 0.3) is 0 Å². The Morgan fingerprint density at radius 3 is 2.79 bits per heavy atom. The van der Waals surface area contributed by atoms with Gasteiger partial charge in [-0.2, -0.15) is 0 Å². The van der Waals surface area contributed by atoms with Gasteiger partial charge in [0.15, 0.2) is 0 Å². The number of hydrogen-bond donors (Lipinski definition) is 2. The van der Waals surface area contributed by atoms with E-state index in [0.717, 1.165) is 4.90 Å². The topological polar surface area (TPSA) is 65.5 Å². The molecule has 0 aromatic carbocycles. The number of aromatic nitrogens is 1. The van der Waals surface area contributed by atoms with Crippen LogP contribution in [0.4, 0.5) is 14.6 Å². The van der Waals surface area contributed by atoms with Gasteiger partial charge in [-0.1, -0.05) is 11.6 Å². The van der Waals surface area contributed by atoms with Crippen molar-refractivity contribution in [2.24, 2.45) is 0 Å². The first-order valence-corrected chi connectivity index (χ1v) is 5.89. The molecule has 0 aliphatic carbocycles. The Labute approximate surface area is 114 Å². The van der Waals surface area contributed by atoms with Gasteiger partial charge in [-0.15, -0.1) is 0 Å². The first-order chi connectivity index (χ1) is 8.97. The van der Waals surface area contributed by atoms with Crippen LogP contribution in [0.3, 0.4) is 0 Å². The first-order valence-electron chi connectivity index (χ1n) is 5.51. The summed E-state index contributed by atoms with van der Waals surface area (Å²) in [5.41, 5.74) is 0.137. The largest absolute Gasteiger partial charge is 0.395 e. The van der Waals surface area contributed by atoms with Gasteiger partial charge in [-0.25, -0.2) is 13.8 Å². The molecule has 0 unspecified atom stereocenters. The molecule has 1 aromatic rings. The van der Waals surface area contributed by atoms with E-state index >= 15 is 0 Å². The Hall–Kier alpha value is -1.47. The molecule has 8 heteroatoms. The zero-order valence-electron chi connectivity index (χ0n) is 10.2. The smallest absolute Gasteiger partial charge is 0.255 e. The highest BCUT2D eigenvalue weighted by Crippen LogP contribution is 2.16. The minimum absolute atomic E-state index is 0.0798. The second kappa shape index (κ2) is 7.20. The van der Waals surface area contributed by atoms with Gasteiger partial charge >= 0.3 is 0 Å². The lowest BCUT2D eigenvalue weighted by Gasteiger charge is -2.21.